The van der Waals surface area contributed by atoms with Crippen LogP contribution in [0.3, 0.4) is 0 Å². The number of amides is 1. The second kappa shape index (κ2) is 11.5. The smallest absolute Gasteiger partial charge is 0.253 e. The Morgan fingerprint density at radius 2 is 1.57 bits per heavy atom. The minimum Gasteiger partial charge on any atom is -0.357 e. The highest BCUT2D eigenvalue weighted by Gasteiger charge is 2.07. The van der Waals surface area contributed by atoms with Crippen LogP contribution in [0.2, 0.25) is 0 Å². The van der Waals surface area contributed by atoms with E-state index in [0.717, 1.165) is 18.1 Å². The number of rotatable bonds is 6. The van der Waals surface area contributed by atoms with E-state index in [1.54, 1.807) is 19.0 Å². The highest BCUT2D eigenvalue weighted by Crippen LogP contribution is 2.16. The van der Waals surface area contributed by atoms with Gasteiger partial charge in [0.1, 0.15) is 0 Å². The standard InChI is InChI=1S/C24H28N4O.HI/c1-4-25-24(26-16-18-9-13-21(14-10-18)23(29)28(2)3)27-17-19-11-12-20-7-5-6-8-22(20)15-19;/h5-15H,4,16-17H2,1-3H3,(H2,25,26,27);1H. The van der Waals surface area contributed by atoms with Crippen LogP contribution in [0, 0.1) is 0 Å². The van der Waals surface area contributed by atoms with Gasteiger partial charge in [0.25, 0.3) is 5.91 Å². The molecule has 0 unspecified atom stereocenters. The fourth-order valence-electron chi connectivity index (χ4n) is 3.06. The number of carbonyl (C=O) groups excluding carboxylic acids is 1. The second-order valence-electron chi connectivity index (χ2n) is 7.13. The first-order valence-electron chi connectivity index (χ1n) is 9.87. The van der Waals surface area contributed by atoms with Crippen LogP contribution in [0.5, 0.6) is 0 Å². The van der Waals surface area contributed by atoms with Crippen LogP contribution >= 0.6 is 24.0 Å². The Morgan fingerprint density at radius 3 is 2.23 bits per heavy atom. The molecule has 0 radical (unpaired) electrons. The van der Waals surface area contributed by atoms with E-state index >= 15 is 0 Å². The van der Waals surface area contributed by atoms with E-state index in [4.69, 9.17) is 4.99 Å². The third kappa shape index (κ3) is 6.45. The highest BCUT2D eigenvalue weighted by molar-refractivity contribution is 14.0. The van der Waals surface area contributed by atoms with Gasteiger partial charge in [-0.25, -0.2) is 4.99 Å². The van der Waals surface area contributed by atoms with Crippen molar-refractivity contribution >= 4 is 46.6 Å². The number of guanidine groups is 1. The summed E-state index contributed by atoms with van der Waals surface area (Å²) in [7, 11) is 3.51. The van der Waals surface area contributed by atoms with E-state index in [0.29, 0.717) is 18.7 Å². The Hall–Kier alpha value is -2.61. The molecule has 3 aromatic carbocycles. The summed E-state index contributed by atoms with van der Waals surface area (Å²) < 4.78 is 0. The first-order chi connectivity index (χ1) is 14.1. The summed E-state index contributed by atoms with van der Waals surface area (Å²) in [5, 5.41) is 9.11. The lowest BCUT2D eigenvalue weighted by molar-refractivity contribution is 0.0827. The molecule has 0 aliphatic heterocycles. The Balaban J connectivity index is 0.00000320. The minimum absolute atomic E-state index is 0. The average molecular weight is 516 g/mol. The molecule has 30 heavy (non-hydrogen) atoms. The van der Waals surface area contributed by atoms with Crippen molar-refractivity contribution in [1.29, 1.82) is 0 Å². The summed E-state index contributed by atoms with van der Waals surface area (Å²) >= 11 is 0. The van der Waals surface area contributed by atoms with Gasteiger partial charge in [0.15, 0.2) is 5.96 Å². The monoisotopic (exact) mass is 516 g/mol. The lowest BCUT2D eigenvalue weighted by Crippen LogP contribution is -2.36. The van der Waals surface area contributed by atoms with Crippen LogP contribution in [0.1, 0.15) is 28.4 Å². The number of nitrogens with zero attached hydrogens (tertiary/aromatic N) is 2. The molecule has 0 aromatic heterocycles. The molecule has 0 saturated carbocycles. The summed E-state index contributed by atoms with van der Waals surface area (Å²) in [5.41, 5.74) is 2.96. The topological polar surface area (TPSA) is 56.7 Å². The summed E-state index contributed by atoms with van der Waals surface area (Å²) in [6.45, 7) is 4.09. The van der Waals surface area contributed by atoms with E-state index in [1.807, 2.05) is 24.3 Å². The molecule has 0 fully saturated rings. The molecular weight excluding hydrogens is 487 g/mol. The molecule has 0 aliphatic rings. The van der Waals surface area contributed by atoms with E-state index in [9.17, 15) is 4.79 Å². The van der Waals surface area contributed by atoms with Crippen LogP contribution in [0.25, 0.3) is 10.8 Å². The molecule has 158 valence electrons. The van der Waals surface area contributed by atoms with Gasteiger partial charge in [-0.1, -0.05) is 48.5 Å². The Kier molecular flexibility index (Phi) is 9.11. The SMILES string of the molecule is CCNC(=NCc1ccc2ccccc2c1)NCc1ccc(C(=O)N(C)C)cc1.I. The van der Waals surface area contributed by atoms with Gasteiger partial charge in [-0.3, -0.25) is 4.79 Å². The summed E-state index contributed by atoms with van der Waals surface area (Å²) in [6, 6.07) is 22.4. The summed E-state index contributed by atoms with van der Waals surface area (Å²) in [6.07, 6.45) is 0. The zero-order valence-electron chi connectivity index (χ0n) is 17.7. The Labute approximate surface area is 195 Å². The van der Waals surface area contributed by atoms with Crippen LogP contribution in [0.15, 0.2) is 71.7 Å². The van der Waals surface area contributed by atoms with Crippen molar-refractivity contribution in [3.8, 4) is 0 Å². The molecule has 2 N–H and O–H groups in total. The van der Waals surface area contributed by atoms with Crippen molar-refractivity contribution in [1.82, 2.24) is 15.5 Å². The number of aliphatic imine (C=N–C) groups is 1. The number of fused-ring (bicyclic) bond motifs is 1. The molecule has 3 aromatic rings. The number of benzene rings is 3. The van der Waals surface area contributed by atoms with Crippen molar-refractivity contribution in [3.05, 3.63) is 83.4 Å². The molecule has 0 spiro atoms. The van der Waals surface area contributed by atoms with Gasteiger partial charge in [0.05, 0.1) is 6.54 Å². The fourth-order valence-corrected chi connectivity index (χ4v) is 3.06. The number of hydrogen-bond donors (Lipinski definition) is 2. The quantitative estimate of drug-likeness (QED) is 0.290. The van der Waals surface area contributed by atoms with E-state index in [-0.39, 0.29) is 29.9 Å². The Bertz CT molecular complexity index is 1000. The maximum Gasteiger partial charge on any atom is 0.253 e. The third-order valence-electron chi connectivity index (χ3n) is 4.64. The predicted octanol–water partition coefficient (Wildman–Crippen LogP) is 4.41. The molecule has 0 saturated heterocycles. The van der Waals surface area contributed by atoms with Crippen LogP contribution in [0.4, 0.5) is 0 Å². The molecule has 0 aliphatic carbocycles. The van der Waals surface area contributed by atoms with E-state index < -0.39 is 0 Å². The van der Waals surface area contributed by atoms with Gasteiger partial charge < -0.3 is 15.5 Å². The zero-order chi connectivity index (χ0) is 20.6. The molecule has 0 heterocycles. The van der Waals surface area contributed by atoms with Crippen molar-refractivity contribution in [3.63, 3.8) is 0 Å². The lowest BCUT2D eigenvalue weighted by Gasteiger charge is -2.13. The number of nitrogens with one attached hydrogen (secondary N) is 2. The van der Waals surface area contributed by atoms with Gasteiger partial charge in [-0.15, -0.1) is 24.0 Å². The average Bonchev–Trinajstić information content (AvgIpc) is 2.75. The lowest BCUT2D eigenvalue weighted by atomic mass is 10.1. The van der Waals surface area contributed by atoms with Gasteiger partial charge >= 0.3 is 0 Å². The largest absolute Gasteiger partial charge is 0.357 e. The number of halogens is 1. The third-order valence-corrected chi connectivity index (χ3v) is 4.64. The molecule has 0 bridgehead atoms. The first-order valence-corrected chi connectivity index (χ1v) is 9.87. The summed E-state index contributed by atoms with van der Waals surface area (Å²) in [4.78, 5) is 18.3. The molecule has 3 rings (SSSR count). The van der Waals surface area contributed by atoms with Crippen molar-refractivity contribution in [2.75, 3.05) is 20.6 Å². The van der Waals surface area contributed by atoms with Crippen LogP contribution < -0.4 is 10.6 Å². The number of carbonyl (C=O) groups is 1. The maximum atomic E-state index is 12.0. The highest BCUT2D eigenvalue weighted by atomic mass is 127. The predicted molar refractivity (Wildman–Crippen MR) is 135 cm³/mol. The normalized spacial score (nSPS) is 11.0. The molecule has 0 atom stereocenters. The van der Waals surface area contributed by atoms with Gasteiger partial charge in [0.2, 0.25) is 0 Å². The van der Waals surface area contributed by atoms with Crippen LogP contribution in [-0.4, -0.2) is 37.4 Å². The molecule has 1 amide bonds. The van der Waals surface area contributed by atoms with Gasteiger partial charge in [0, 0.05) is 32.7 Å². The first kappa shape index (κ1) is 23.7. The van der Waals surface area contributed by atoms with Crippen molar-refractivity contribution in [2.45, 2.75) is 20.0 Å². The van der Waals surface area contributed by atoms with E-state index in [1.165, 1.54) is 16.3 Å². The van der Waals surface area contributed by atoms with Crippen molar-refractivity contribution < 1.29 is 4.79 Å². The summed E-state index contributed by atoms with van der Waals surface area (Å²) in [5.74, 6) is 0.781. The van der Waals surface area contributed by atoms with Crippen molar-refractivity contribution in [2.24, 2.45) is 4.99 Å². The Morgan fingerprint density at radius 1 is 0.900 bits per heavy atom. The minimum atomic E-state index is 0. The molecular formula is C24H29IN4O. The maximum absolute atomic E-state index is 12.0. The van der Waals surface area contributed by atoms with E-state index in [2.05, 4.69) is 60.0 Å². The molecule has 6 heteroatoms. The molecule has 5 nitrogen and oxygen atoms in total. The van der Waals surface area contributed by atoms with Crippen LogP contribution in [-0.2, 0) is 13.1 Å². The number of hydrogen-bond acceptors (Lipinski definition) is 2. The van der Waals surface area contributed by atoms with Gasteiger partial charge in [-0.05, 0) is 47.0 Å². The second-order valence-corrected chi connectivity index (χ2v) is 7.13. The fraction of sp³-hybridized carbons (Fsp3) is 0.250. The van der Waals surface area contributed by atoms with Gasteiger partial charge in [-0.2, -0.15) is 0 Å². The zero-order valence-corrected chi connectivity index (χ0v) is 20.0.